The van der Waals surface area contributed by atoms with E-state index in [2.05, 4.69) is 26.7 Å². The van der Waals surface area contributed by atoms with E-state index in [1.54, 1.807) is 0 Å². The Kier molecular flexibility index (Phi) is 8.18. The third-order valence-corrected chi connectivity index (χ3v) is 7.00. The zero-order valence-corrected chi connectivity index (χ0v) is 19.1. The first kappa shape index (κ1) is 26.3. The van der Waals surface area contributed by atoms with E-state index >= 15 is 0 Å². The van der Waals surface area contributed by atoms with Crippen molar-refractivity contribution in [2.45, 2.75) is 65.3 Å². The number of halogens is 3. The summed E-state index contributed by atoms with van der Waals surface area (Å²) in [5.41, 5.74) is -0.0548. The SMILES string of the molecule is C.CC(C(=O)C[C@@H]1C[C@H](C)CN(c2ccc(C(F)(F)F)c3nccnc23)C1)N1CCC(O)CC1. The van der Waals surface area contributed by atoms with Gasteiger partial charge in [-0.15, -0.1) is 0 Å². The third kappa shape index (κ3) is 5.68. The first-order valence-corrected chi connectivity index (χ1v) is 11.6. The van der Waals surface area contributed by atoms with Gasteiger partial charge < -0.3 is 10.0 Å². The summed E-state index contributed by atoms with van der Waals surface area (Å²) in [6, 6.07) is 2.37. The van der Waals surface area contributed by atoms with Crippen LogP contribution in [-0.4, -0.2) is 64.1 Å². The Bertz CT molecular complexity index is 992. The van der Waals surface area contributed by atoms with E-state index in [4.69, 9.17) is 0 Å². The number of likely N-dealkylation sites (tertiary alicyclic amines) is 1. The molecule has 2 aliphatic rings. The Morgan fingerprint density at radius 1 is 1.15 bits per heavy atom. The van der Waals surface area contributed by atoms with Crippen molar-refractivity contribution in [3.63, 3.8) is 0 Å². The largest absolute Gasteiger partial charge is 0.418 e. The number of nitrogens with zero attached hydrogens (tertiary/aromatic N) is 4. The van der Waals surface area contributed by atoms with Crippen LogP contribution >= 0.6 is 0 Å². The van der Waals surface area contributed by atoms with E-state index < -0.39 is 11.7 Å². The molecule has 4 rings (SSSR count). The Morgan fingerprint density at radius 3 is 2.44 bits per heavy atom. The van der Waals surface area contributed by atoms with Gasteiger partial charge in [0, 0.05) is 45.0 Å². The molecule has 0 saturated carbocycles. The van der Waals surface area contributed by atoms with Crippen molar-refractivity contribution in [3.8, 4) is 0 Å². The number of benzene rings is 1. The van der Waals surface area contributed by atoms with Gasteiger partial charge in [-0.05, 0) is 50.2 Å². The summed E-state index contributed by atoms with van der Waals surface area (Å²) in [6.07, 6.45) is 0.626. The molecule has 2 saturated heterocycles. The lowest BCUT2D eigenvalue weighted by atomic mass is 9.85. The lowest BCUT2D eigenvalue weighted by Gasteiger charge is -2.39. The fourth-order valence-electron chi connectivity index (χ4n) is 5.28. The van der Waals surface area contributed by atoms with Gasteiger partial charge >= 0.3 is 6.18 Å². The van der Waals surface area contributed by atoms with Crippen LogP contribution in [0.3, 0.4) is 0 Å². The molecule has 2 fully saturated rings. The molecule has 0 bridgehead atoms. The van der Waals surface area contributed by atoms with Crippen molar-refractivity contribution in [3.05, 3.63) is 30.1 Å². The highest BCUT2D eigenvalue weighted by molar-refractivity contribution is 5.91. The molecular formula is C25H35F3N4O2. The summed E-state index contributed by atoms with van der Waals surface area (Å²) >= 11 is 0. The zero-order valence-electron chi connectivity index (χ0n) is 19.1. The molecule has 0 radical (unpaired) electrons. The van der Waals surface area contributed by atoms with Crippen LogP contribution in [0.5, 0.6) is 0 Å². The fraction of sp³-hybridized carbons (Fsp3) is 0.640. The number of carbonyl (C=O) groups is 1. The number of aliphatic hydroxyl groups excluding tert-OH is 1. The standard InChI is InChI=1S/C24H31F3N4O2.CH4/c1-15-11-17(12-21(33)16(2)30-9-5-18(32)6-10-30)14-31(13-15)20-4-3-19(24(25,26)27)22-23(20)29-8-7-28-22;/h3-4,7-8,15-18,32H,5-6,9-14H2,1-2H3;1H4/t15-,16?,17-;/m0./s1. The Hall–Kier alpha value is -2.26. The van der Waals surface area contributed by atoms with Gasteiger partial charge in [-0.3, -0.25) is 19.7 Å². The summed E-state index contributed by atoms with van der Waals surface area (Å²) in [4.78, 5) is 25.5. The molecule has 1 N–H and O–H groups in total. The highest BCUT2D eigenvalue weighted by atomic mass is 19.4. The molecule has 9 heteroatoms. The van der Waals surface area contributed by atoms with Crippen molar-refractivity contribution >= 4 is 22.5 Å². The van der Waals surface area contributed by atoms with Crippen LogP contribution in [0, 0.1) is 11.8 Å². The van der Waals surface area contributed by atoms with Crippen molar-refractivity contribution in [2.24, 2.45) is 11.8 Å². The number of hydrogen-bond donors (Lipinski definition) is 1. The summed E-state index contributed by atoms with van der Waals surface area (Å²) < 4.78 is 40.4. The van der Waals surface area contributed by atoms with E-state index in [1.165, 1.54) is 18.5 Å². The molecular weight excluding hydrogens is 445 g/mol. The molecule has 2 aliphatic heterocycles. The molecule has 2 aromatic rings. The van der Waals surface area contributed by atoms with Crippen LogP contribution in [0.25, 0.3) is 11.0 Å². The van der Waals surface area contributed by atoms with Crippen LogP contribution in [0.15, 0.2) is 24.5 Å². The Balaban J connectivity index is 0.00000324. The number of aromatic nitrogens is 2. The second-order valence-electron chi connectivity index (χ2n) is 9.61. The van der Waals surface area contributed by atoms with Crippen molar-refractivity contribution < 1.29 is 23.1 Å². The number of Topliss-reactive ketones (excluding diaryl/α,β-unsaturated/α-hetero) is 1. The normalized spacial score (nSPS) is 23.5. The molecule has 3 heterocycles. The van der Waals surface area contributed by atoms with Gasteiger partial charge in [-0.1, -0.05) is 14.4 Å². The summed E-state index contributed by atoms with van der Waals surface area (Å²) in [5.74, 6) is 0.599. The lowest BCUT2D eigenvalue weighted by Crippen LogP contribution is -2.47. The summed E-state index contributed by atoms with van der Waals surface area (Å²) in [7, 11) is 0. The fourth-order valence-corrected chi connectivity index (χ4v) is 5.28. The minimum Gasteiger partial charge on any atom is -0.393 e. The van der Waals surface area contributed by atoms with E-state index in [0.717, 1.165) is 25.6 Å². The minimum atomic E-state index is -4.50. The quantitative estimate of drug-likeness (QED) is 0.677. The van der Waals surface area contributed by atoms with Gasteiger partial charge in [0.2, 0.25) is 0 Å². The maximum atomic E-state index is 13.5. The van der Waals surface area contributed by atoms with E-state index in [1.807, 2.05) is 6.92 Å². The molecule has 1 unspecified atom stereocenters. The second-order valence-corrected chi connectivity index (χ2v) is 9.61. The zero-order chi connectivity index (χ0) is 23.8. The van der Waals surface area contributed by atoms with E-state index in [9.17, 15) is 23.1 Å². The average Bonchev–Trinajstić information content (AvgIpc) is 2.77. The molecule has 0 spiro atoms. The molecule has 0 aliphatic carbocycles. The molecule has 3 atom stereocenters. The smallest absolute Gasteiger partial charge is 0.393 e. The topological polar surface area (TPSA) is 69.6 Å². The number of fused-ring (bicyclic) bond motifs is 1. The van der Waals surface area contributed by atoms with Gasteiger partial charge in [0.05, 0.1) is 23.4 Å². The van der Waals surface area contributed by atoms with Crippen LogP contribution < -0.4 is 4.90 Å². The number of carbonyl (C=O) groups excluding carboxylic acids is 1. The van der Waals surface area contributed by atoms with E-state index in [0.29, 0.717) is 44.0 Å². The van der Waals surface area contributed by atoms with Gasteiger partial charge in [0.1, 0.15) is 16.8 Å². The second kappa shape index (κ2) is 10.6. The predicted octanol–water partition coefficient (Wildman–Crippen LogP) is 4.55. The summed E-state index contributed by atoms with van der Waals surface area (Å²) in [5, 5.41) is 9.72. The first-order valence-electron chi connectivity index (χ1n) is 11.6. The molecule has 1 aromatic carbocycles. The molecule has 1 aromatic heterocycles. The van der Waals surface area contributed by atoms with Crippen molar-refractivity contribution in [2.75, 3.05) is 31.1 Å². The van der Waals surface area contributed by atoms with Gasteiger partial charge in [-0.25, -0.2) is 0 Å². The Morgan fingerprint density at radius 2 is 1.79 bits per heavy atom. The maximum absolute atomic E-state index is 13.5. The van der Waals surface area contributed by atoms with Crippen LogP contribution in [0.4, 0.5) is 18.9 Å². The van der Waals surface area contributed by atoms with Crippen LogP contribution in [-0.2, 0) is 11.0 Å². The third-order valence-electron chi connectivity index (χ3n) is 7.00. The first-order chi connectivity index (χ1) is 15.6. The number of hydrogen-bond acceptors (Lipinski definition) is 6. The Labute approximate surface area is 199 Å². The highest BCUT2D eigenvalue weighted by Crippen LogP contribution is 2.38. The monoisotopic (exact) mass is 480 g/mol. The predicted molar refractivity (Wildman–Crippen MR) is 127 cm³/mol. The van der Waals surface area contributed by atoms with Gasteiger partial charge in [-0.2, -0.15) is 13.2 Å². The van der Waals surface area contributed by atoms with Gasteiger partial charge in [0.15, 0.2) is 0 Å². The van der Waals surface area contributed by atoms with Crippen molar-refractivity contribution in [1.29, 1.82) is 0 Å². The highest BCUT2D eigenvalue weighted by Gasteiger charge is 2.36. The molecule has 34 heavy (non-hydrogen) atoms. The number of alkyl halides is 3. The van der Waals surface area contributed by atoms with Crippen LogP contribution in [0.1, 0.15) is 52.5 Å². The van der Waals surface area contributed by atoms with E-state index in [-0.39, 0.29) is 42.3 Å². The molecule has 6 nitrogen and oxygen atoms in total. The minimum absolute atomic E-state index is 0. The van der Waals surface area contributed by atoms with Gasteiger partial charge in [0.25, 0.3) is 0 Å². The number of anilines is 1. The number of ketones is 1. The maximum Gasteiger partial charge on any atom is 0.418 e. The number of piperidine rings is 2. The van der Waals surface area contributed by atoms with Crippen LogP contribution in [0.2, 0.25) is 0 Å². The van der Waals surface area contributed by atoms with Crippen molar-refractivity contribution in [1.82, 2.24) is 14.9 Å². The molecule has 0 amide bonds. The summed E-state index contributed by atoms with van der Waals surface area (Å²) in [6.45, 7) is 6.77. The lowest BCUT2D eigenvalue weighted by molar-refractivity contribution is -0.136. The number of aliphatic hydroxyl groups is 1. The average molecular weight is 481 g/mol. The number of rotatable bonds is 5. The molecule has 188 valence electrons.